The molecule has 2 amide bonds. The second-order valence-electron chi connectivity index (χ2n) is 4.58. The number of nitrogens with one attached hydrogen (secondary N) is 1. The van der Waals surface area contributed by atoms with Gasteiger partial charge in [0.05, 0.1) is 5.92 Å². The minimum Gasteiger partial charge on any atom is -0.481 e. The molecule has 16 heavy (non-hydrogen) atoms. The van der Waals surface area contributed by atoms with Gasteiger partial charge in [0, 0.05) is 19.6 Å². The van der Waals surface area contributed by atoms with E-state index in [4.69, 9.17) is 5.11 Å². The zero-order chi connectivity index (χ0) is 12.9. The van der Waals surface area contributed by atoms with Crippen molar-refractivity contribution in [2.45, 2.75) is 33.7 Å². The Balaban J connectivity index is 4.22. The van der Waals surface area contributed by atoms with Crippen LogP contribution in [-0.4, -0.2) is 41.6 Å². The van der Waals surface area contributed by atoms with Crippen LogP contribution in [0.2, 0.25) is 0 Å². The summed E-state index contributed by atoms with van der Waals surface area (Å²) in [6.45, 7) is 7.63. The Hall–Kier alpha value is -1.26. The topological polar surface area (TPSA) is 69.6 Å². The normalized spacial score (nSPS) is 12.7. The second kappa shape index (κ2) is 6.35. The molecule has 5 nitrogen and oxygen atoms in total. The second-order valence-corrected chi connectivity index (χ2v) is 4.58. The van der Waals surface area contributed by atoms with Gasteiger partial charge in [-0.1, -0.05) is 13.8 Å². The molecule has 94 valence electrons. The first kappa shape index (κ1) is 14.7. The molecule has 0 fully saturated rings. The summed E-state index contributed by atoms with van der Waals surface area (Å²) in [4.78, 5) is 24.0. The van der Waals surface area contributed by atoms with E-state index in [0.717, 1.165) is 0 Å². The Morgan fingerprint density at radius 2 is 1.75 bits per heavy atom. The molecular formula is C11H22N2O3. The van der Waals surface area contributed by atoms with Gasteiger partial charge in [0.15, 0.2) is 0 Å². The fraction of sp³-hybridized carbons (Fsp3) is 0.818. The summed E-state index contributed by atoms with van der Waals surface area (Å²) in [5, 5.41) is 11.6. The average molecular weight is 230 g/mol. The van der Waals surface area contributed by atoms with Crippen LogP contribution >= 0.6 is 0 Å². The lowest BCUT2D eigenvalue weighted by Crippen LogP contribution is -2.44. The lowest BCUT2D eigenvalue weighted by atomic mass is 9.96. The molecule has 1 unspecified atom stereocenters. The third-order valence-electron chi connectivity index (χ3n) is 2.69. The molecule has 2 N–H and O–H groups in total. The lowest BCUT2D eigenvalue weighted by molar-refractivity contribution is -0.142. The fourth-order valence-corrected chi connectivity index (χ4v) is 1.16. The molecule has 0 bridgehead atoms. The van der Waals surface area contributed by atoms with Crippen molar-refractivity contribution in [1.82, 2.24) is 10.2 Å². The summed E-state index contributed by atoms with van der Waals surface area (Å²) in [7, 11) is 1.69. The molecule has 0 radical (unpaired) electrons. The third-order valence-corrected chi connectivity index (χ3v) is 2.69. The third kappa shape index (κ3) is 4.51. The van der Waals surface area contributed by atoms with Gasteiger partial charge in [-0.2, -0.15) is 0 Å². The van der Waals surface area contributed by atoms with Gasteiger partial charge in [-0.05, 0) is 19.8 Å². The summed E-state index contributed by atoms with van der Waals surface area (Å²) >= 11 is 0. The van der Waals surface area contributed by atoms with Crippen LogP contribution in [0.5, 0.6) is 0 Å². The van der Waals surface area contributed by atoms with Crippen molar-refractivity contribution in [3.8, 4) is 0 Å². The van der Waals surface area contributed by atoms with Gasteiger partial charge in [-0.15, -0.1) is 0 Å². The number of aliphatic carboxylic acids is 1. The van der Waals surface area contributed by atoms with E-state index >= 15 is 0 Å². The molecule has 0 aliphatic heterocycles. The van der Waals surface area contributed by atoms with E-state index in [2.05, 4.69) is 5.32 Å². The maximum Gasteiger partial charge on any atom is 0.317 e. The smallest absolute Gasteiger partial charge is 0.317 e. The first-order valence-corrected chi connectivity index (χ1v) is 5.50. The quantitative estimate of drug-likeness (QED) is 0.750. The highest BCUT2D eigenvalue weighted by molar-refractivity contribution is 5.76. The van der Waals surface area contributed by atoms with Crippen LogP contribution in [0.15, 0.2) is 0 Å². The van der Waals surface area contributed by atoms with Crippen molar-refractivity contribution >= 4 is 12.0 Å². The number of hydrogen-bond donors (Lipinski definition) is 2. The first-order valence-electron chi connectivity index (χ1n) is 5.50. The minimum atomic E-state index is -0.873. The Morgan fingerprint density at radius 3 is 2.06 bits per heavy atom. The number of nitrogens with zero attached hydrogens (tertiary/aromatic N) is 1. The number of rotatable bonds is 5. The van der Waals surface area contributed by atoms with Crippen molar-refractivity contribution in [1.29, 1.82) is 0 Å². The molecule has 5 heteroatoms. The van der Waals surface area contributed by atoms with Gasteiger partial charge < -0.3 is 15.3 Å². The largest absolute Gasteiger partial charge is 0.481 e. The van der Waals surface area contributed by atoms with Crippen molar-refractivity contribution in [3.05, 3.63) is 0 Å². The molecule has 0 saturated carbocycles. The highest BCUT2D eigenvalue weighted by Gasteiger charge is 2.22. The highest BCUT2D eigenvalue weighted by atomic mass is 16.4. The van der Waals surface area contributed by atoms with Crippen LogP contribution in [0.4, 0.5) is 4.79 Å². The monoisotopic (exact) mass is 230 g/mol. The predicted molar refractivity (Wildman–Crippen MR) is 62.3 cm³/mol. The van der Waals surface area contributed by atoms with E-state index in [1.807, 2.05) is 27.7 Å². The van der Waals surface area contributed by atoms with Gasteiger partial charge in [-0.3, -0.25) is 4.79 Å². The maximum absolute atomic E-state index is 11.6. The SMILES string of the molecule is CC(C)C(CNC(=O)N(C)C(C)C)C(=O)O. The predicted octanol–water partition coefficient (Wildman–Crippen LogP) is 1.39. The van der Waals surface area contributed by atoms with Crippen molar-refractivity contribution in [3.63, 3.8) is 0 Å². The molecule has 0 rings (SSSR count). The Labute approximate surface area is 96.8 Å². The molecule has 0 heterocycles. The Bertz CT molecular complexity index is 252. The van der Waals surface area contributed by atoms with Crippen molar-refractivity contribution in [2.75, 3.05) is 13.6 Å². The number of carboxylic acids is 1. The van der Waals surface area contributed by atoms with E-state index in [-0.39, 0.29) is 24.5 Å². The summed E-state index contributed by atoms with van der Waals surface area (Å²) in [6, 6.07) is -0.135. The van der Waals surface area contributed by atoms with Crippen LogP contribution in [0.25, 0.3) is 0 Å². The molecule has 0 aliphatic rings. The lowest BCUT2D eigenvalue weighted by Gasteiger charge is -2.24. The minimum absolute atomic E-state index is 0.00200. The summed E-state index contributed by atoms with van der Waals surface area (Å²) in [5.74, 6) is -1.41. The number of carbonyl (C=O) groups is 2. The van der Waals surface area contributed by atoms with Crippen LogP contribution < -0.4 is 5.32 Å². The van der Waals surface area contributed by atoms with E-state index in [0.29, 0.717) is 0 Å². The molecule has 0 aromatic heterocycles. The first-order chi connectivity index (χ1) is 7.27. The fourth-order valence-electron chi connectivity index (χ4n) is 1.16. The van der Waals surface area contributed by atoms with Crippen LogP contribution in [0, 0.1) is 11.8 Å². The van der Waals surface area contributed by atoms with Gasteiger partial charge in [-0.25, -0.2) is 4.79 Å². The van der Waals surface area contributed by atoms with Crippen LogP contribution in [0.1, 0.15) is 27.7 Å². The summed E-state index contributed by atoms with van der Waals surface area (Å²) < 4.78 is 0. The number of amides is 2. The van der Waals surface area contributed by atoms with Gasteiger partial charge in [0.1, 0.15) is 0 Å². The van der Waals surface area contributed by atoms with E-state index < -0.39 is 11.9 Å². The Kier molecular flexibility index (Phi) is 5.85. The molecular weight excluding hydrogens is 208 g/mol. The maximum atomic E-state index is 11.6. The molecule has 1 atom stereocenters. The van der Waals surface area contributed by atoms with Gasteiger partial charge >= 0.3 is 12.0 Å². The van der Waals surface area contributed by atoms with Crippen molar-refractivity contribution in [2.24, 2.45) is 11.8 Å². The number of urea groups is 1. The zero-order valence-corrected chi connectivity index (χ0v) is 10.7. The highest BCUT2D eigenvalue weighted by Crippen LogP contribution is 2.09. The molecule has 0 aromatic carbocycles. The average Bonchev–Trinajstić information content (AvgIpc) is 2.15. The molecule has 0 spiro atoms. The van der Waals surface area contributed by atoms with Crippen molar-refractivity contribution < 1.29 is 14.7 Å². The zero-order valence-electron chi connectivity index (χ0n) is 10.7. The van der Waals surface area contributed by atoms with Gasteiger partial charge in [0.2, 0.25) is 0 Å². The number of carbonyl (C=O) groups excluding carboxylic acids is 1. The van der Waals surface area contributed by atoms with Crippen LogP contribution in [0.3, 0.4) is 0 Å². The van der Waals surface area contributed by atoms with E-state index in [1.54, 1.807) is 11.9 Å². The Morgan fingerprint density at radius 1 is 1.25 bits per heavy atom. The molecule has 0 aromatic rings. The molecule has 0 aliphatic carbocycles. The summed E-state index contributed by atoms with van der Waals surface area (Å²) in [5.41, 5.74) is 0. The number of carboxylic acid groups (broad SMARTS) is 1. The van der Waals surface area contributed by atoms with E-state index in [1.165, 1.54) is 0 Å². The van der Waals surface area contributed by atoms with Gasteiger partial charge in [0.25, 0.3) is 0 Å². The van der Waals surface area contributed by atoms with E-state index in [9.17, 15) is 9.59 Å². The van der Waals surface area contributed by atoms with Crippen LogP contribution in [-0.2, 0) is 4.79 Å². The molecule has 0 saturated heterocycles. The number of hydrogen-bond acceptors (Lipinski definition) is 2. The standard InChI is InChI=1S/C11H22N2O3/c1-7(2)9(10(14)15)6-12-11(16)13(5)8(3)4/h7-9H,6H2,1-5H3,(H,12,16)(H,14,15). The summed E-state index contributed by atoms with van der Waals surface area (Å²) in [6.07, 6.45) is 0.